The van der Waals surface area contributed by atoms with Gasteiger partial charge in [0.1, 0.15) is 0 Å². The molecule has 6 heteroatoms. The Hall–Kier alpha value is -1.38. The Morgan fingerprint density at radius 1 is 1.64 bits per heavy atom. The van der Waals surface area contributed by atoms with Crippen molar-refractivity contribution in [2.75, 3.05) is 6.61 Å². The van der Waals surface area contributed by atoms with Crippen LogP contribution in [0, 0.1) is 12.3 Å². The maximum atomic E-state index is 11.6. The largest absolute Gasteiger partial charge is 0.440 e. The molecule has 1 unspecified atom stereocenters. The molecular formula is C8H10F3NO2. The number of amides is 1. The van der Waals surface area contributed by atoms with Crippen molar-refractivity contribution >= 4 is 6.09 Å². The van der Waals surface area contributed by atoms with Gasteiger partial charge in [0.2, 0.25) is 0 Å². The average Bonchev–Trinajstić information content (AvgIpc) is 2.09. The van der Waals surface area contributed by atoms with E-state index in [2.05, 4.69) is 16.0 Å². The van der Waals surface area contributed by atoms with Gasteiger partial charge in [-0.05, 0) is 6.42 Å². The van der Waals surface area contributed by atoms with Crippen molar-refractivity contribution in [3.8, 4) is 12.3 Å². The first-order chi connectivity index (χ1) is 6.39. The Balaban J connectivity index is 3.83. The number of carbonyl (C=O) groups is 1. The van der Waals surface area contributed by atoms with Crippen LogP contribution >= 0.6 is 0 Å². The van der Waals surface area contributed by atoms with E-state index in [0.717, 1.165) is 0 Å². The Morgan fingerprint density at radius 3 is 2.57 bits per heavy atom. The van der Waals surface area contributed by atoms with Crippen molar-refractivity contribution in [1.82, 2.24) is 5.32 Å². The molecule has 0 fully saturated rings. The van der Waals surface area contributed by atoms with E-state index in [-0.39, 0.29) is 0 Å². The molecule has 0 aliphatic heterocycles. The highest BCUT2D eigenvalue weighted by Crippen LogP contribution is 2.14. The van der Waals surface area contributed by atoms with Gasteiger partial charge in [-0.15, -0.1) is 6.42 Å². The van der Waals surface area contributed by atoms with Crippen LogP contribution in [0.1, 0.15) is 13.3 Å². The molecule has 0 aliphatic rings. The highest BCUT2D eigenvalue weighted by Gasteiger charge is 2.29. The van der Waals surface area contributed by atoms with Crippen LogP contribution in [0.3, 0.4) is 0 Å². The van der Waals surface area contributed by atoms with Gasteiger partial charge in [0.15, 0.2) is 6.61 Å². The van der Waals surface area contributed by atoms with Crippen LogP contribution in [0.2, 0.25) is 0 Å². The lowest BCUT2D eigenvalue weighted by molar-refractivity contribution is -0.160. The first-order valence-corrected chi connectivity index (χ1v) is 3.85. The number of alkyl carbamates (subject to hydrolysis) is 1. The van der Waals surface area contributed by atoms with E-state index in [1.165, 1.54) is 0 Å². The molecule has 0 aromatic carbocycles. The van der Waals surface area contributed by atoms with Crippen LogP contribution in [0.25, 0.3) is 0 Å². The molecular weight excluding hydrogens is 199 g/mol. The van der Waals surface area contributed by atoms with Crippen molar-refractivity contribution in [3.63, 3.8) is 0 Å². The molecule has 0 saturated carbocycles. The van der Waals surface area contributed by atoms with Crippen LogP contribution in [0.5, 0.6) is 0 Å². The first kappa shape index (κ1) is 12.6. The summed E-state index contributed by atoms with van der Waals surface area (Å²) in [6.07, 6.45) is -0.280. The summed E-state index contributed by atoms with van der Waals surface area (Å²) in [6.45, 7) is 0.0778. The third-order valence-electron chi connectivity index (χ3n) is 1.27. The van der Waals surface area contributed by atoms with E-state index >= 15 is 0 Å². The number of hydrogen-bond acceptors (Lipinski definition) is 2. The summed E-state index contributed by atoms with van der Waals surface area (Å²) in [7, 11) is 0. The fraction of sp³-hybridized carbons (Fsp3) is 0.625. The third-order valence-corrected chi connectivity index (χ3v) is 1.27. The summed E-state index contributed by atoms with van der Waals surface area (Å²) >= 11 is 0. The Labute approximate surface area is 79.6 Å². The zero-order chi connectivity index (χ0) is 11.2. The fourth-order valence-corrected chi connectivity index (χ4v) is 0.593. The fourth-order valence-electron chi connectivity index (χ4n) is 0.593. The number of nitrogens with one attached hydrogen (secondary N) is 1. The van der Waals surface area contributed by atoms with Gasteiger partial charge in [0, 0.05) is 0 Å². The lowest BCUT2D eigenvalue weighted by atomic mass is 10.2. The van der Waals surface area contributed by atoms with Gasteiger partial charge in [-0.1, -0.05) is 12.8 Å². The topological polar surface area (TPSA) is 38.3 Å². The van der Waals surface area contributed by atoms with Crippen molar-refractivity contribution < 1.29 is 22.7 Å². The van der Waals surface area contributed by atoms with Crippen molar-refractivity contribution in [1.29, 1.82) is 0 Å². The number of ether oxygens (including phenoxy) is 1. The van der Waals surface area contributed by atoms with Gasteiger partial charge in [0.05, 0.1) is 6.04 Å². The van der Waals surface area contributed by atoms with Gasteiger partial charge in [-0.2, -0.15) is 13.2 Å². The molecule has 3 nitrogen and oxygen atoms in total. The van der Waals surface area contributed by atoms with Gasteiger partial charge in [0.25, 0.3) is 0 Å². The van der Waals surface area contributed by atoms with E-state index in [0.29, 0.717) is 6.42 Å². The average molecular weight is 209 g/mol. The minimum atomic E-state index is -4.52. The van der Waals surface area contributed by atoms with Crippen molar-refractivity contribution in [2.24, 2.45) is 0 Å². The van der Waals surface area contributed by atoms with E-state index in [9.17, 15) is 18.0 Å². The molecule has 0 radical (unpaired) electrons. The van der Waals surface area contributed by atoms with Crippen LogP contribution in [-0.4, -0.2) is 24.9 Å². The van der Waals surface area contributed by atoms with Crippen LogP contribution in [-0.2, 0) is 4.74 Å². The summed E-state index contributed by atoms with van der Waals surface area (Å²) < 4.78 is 38.6. The molecule has 0 saturated heterocycles. The van der Waals surface area contributed by atoms with Gasteiger partial charge < -0.3 is 10.1 Å². The Bertz CT molecular complexity index is 232. The molecule has 1 N–H and O–H groups in total. The summed E-state index contributed by atoms with van der Waals surface area (Å²) in [6, 6.07) is -0.601. The molecule has 0 aliphatic carbocycles. The van der Waals surface area contributed by atoms with Gasteiger partial charge in [-0.25, -0.2) is 4.79 Å². The van der Waals surface area contributed by atoms with Gasteiger partial charge in [-0.3, -0.25) is 0 Å². The molecule has 0 bridgehead atoms. The highest BCUT2D eigenvalue weighted by atomic mass is 19.4. The Morgan fingerprint density at radius 2 is 2.21 bits per heavy atom. The molecule has 0 aromatic heterocycles. The number of alkyl halides is 3. The van der Waals surface area contributed by atoms with Crippen LogP contribution < -0.4 is 5.32 Å². The van der Waals surface area contributed by atoms with E-state index in [1.54, 1.807) is 6.92 Å². The maximum absolute atomic E-state index is 11.6. The lowest BCUT2D eigenvalue weighted by Crippen LogP contribution is -2.35. The van der Waals surface area contributed by atoms with E-state index < -0.39 is 24.9 Å². The second kappa shape index (κ2) is 5.37. The minimum Gasteiger partial charge on any atom is -0.440 e. The second-order valence-electron chi connectivity index (χ2n) is 2.46. The molecule has 0 spiro atoms. The summed E-state index contributed by atoms with van der Waals surface area (Å²) in [4.78, 5) is 10.7. The number of rotatable bonds is 3. The van der Waals surface area contributed by atoms with E-state index in [4.69, 9.17) is 6.42 Å². The van der Waals surface area contributed by atoms with Crippen LogP contribution in [0.15, 0.2) is 0 Å². The zero-order valence-corrected chi connectivity index (χ0v) is 7.52. The predicted octanol–water partition coefficient (Wildman–Crippen LogP) is 1.69. The summed E-state index contributed by atoms with van der Waals surface area (Å²) in [5.41, 5.74) is 0. The molecule has 80 valence electrons. The smallest absolute Gasteiger partial charge is 0.422 e. The van der Waals surface area contributed by atoms with Gasteiger partial charge >= 0.3 is 12.3 Å². The van der Waals surface area contributed by atoms with Crippen LogP contribution in [0.4, 0.5) is 18.0 Å². The molecule has 0 aromatic rings. The zero-order valence-electron chi connectivity index (χ0n) is 7.52. The molecule has 1 amide bonds. The van der Waals surface area contributed by atoms with Crippen molar-refractivity contribution in [3.05, 3.63) is 0 Å². The summed E-state index contributed by atoms with van der Waals surface area (Å²) in [5, 5.41) is 2.09. The molecule has 14 heavy (non-hydrogen) atoms. The predicted molar refractivity (Wildman–Crippen MR) is 43.5 cm³/mol. The lowest BCUT2D eigenvalue weighted by Gasteiger charge is -2.12. The monoisotopic (exact) mass is 209 g/mol. The normalized spacial score (nSPS) is 12.8. The third kappa shape index (κ3) is 6.17. The number of hydrogen-bond donors (Lipinski definition) is 1. The number of halogens is 3. The molecule has 0 rings (SSSR count). The maximum Gasteiger partial charge on any atom is 0.422 e. The SMILES string of the molecule is C#CC(CC)NC(=O)OCC(F)(F)F. The second-order valence-corrected chi connectivity index (χ2v) is 2.46. The molecule has 1 atom stereocenters. The van der Waals surface area contributed by atoms with Crippen molar-refractivity contribution in [2.45, 2.75) is 25.6 Å². The molecule has 0 heterocycles. The van der Waals surface area contributed by atoms with E-state index in [1.807, 2.05) is 0 Å². The standard InChI is InChI=1S/C8H10F3NO2/c1-3-6(4-2)12-7(13)14-5-8(9,10)11/h1,6H,4-5H2,2H3,(H,12,13). The minimum absolute atomic E-state index is 0.428. The Kier molecular flexibility index (Phi) is 4.84. The quantitative estimate of drug-likeness (QED) is 0.718. The number of terminal acetylenes is 1. The number of carbonyl (C=O) groups excluding carboxylic acids is 1. The summed E-state index contributed by atoms with van der Waals surface area (Å²) in [5.74, 6) is 2.19. The highest BCUT2D eigenvalue weighted by molar-refractivity contribution is 5.68. The first-order valence-electron chi connectivity index (χ1n) is 3.85.